The Bertz CT molecular complexity index is 872. The Morgan fingerprint density at radius 3 is 2.50 bits per heavy atom. The summed E-state index contributed by atoms with van der Waals surface area (Å²) in [6.45, 7) is 10.3. The minimum atomic E-state index is -0.890. The SMILES string of the molecule is CC[C@H](C)[C@H](CO)N1C(=O)[C@@H]2[C@H]3C(=O)OCC=C[C@@]3(C)S[C@@]23C=CCN(C(C)C)C(=O)C13. The number of rotatable bonds is 5. The lowest BCUT2D eigenvalue weighted by molar-refractivity contribution is -0.153. The maximum Gasteiger partial charge on any atom is 0.311 e. The van der Waals surface area contributed by atoms with E-state index >= 15 is 0 Å². The molecule has 0 aromatic rings. The lowest BCUT2D eigenvalue weighted by Crippen LogP contribution is -2.58. The standard InChI is InChI=1S/C24H34N2O5S/c1-6-15(4)16(13-27)26-19-21(29)25(14(2)3)11-7-10-24(19)17(20(26)28)18-22(30)31-12-8-9-23(18,5)32-24/h7-10,14-19,27H,6,11-13H2,1-5H3/t15-,16-,17-,18-,19?,23+,24-/m0/s1. The molecule has 4 rings (SSSR count). The summed E-state index contributed by atoms with van der Waals surface area (Å²) in [6, 6.07) is -1.30. The van der Waals surface area contributed by atoms with Crippen LogP contribution < -0.4 is 0 Å². The van der Waals surface area contributed by atoms with Crippen LogP contribution in [0.3, 0.4) is 0 Å². The smallest absolute Gasteiger partial charge is 0.311 e. The lowest BCUT2D eigenvalue weighted by Gasteiger charge is -2.41. The van der Waals surface area contributed by atoms with Crippen LogP contribution in [0, 0.1) is 17.8 Å². The van der Waals surface area contributed by atoms with E-state index in [2.05, 4.69) is 0 Å². The van der Waals surface area contributed by atoms with E-state index in [1.165, 1.54) is 11.8 Å². The second kappa shape index (κ2) is 8.20. The highest BCUT2D eigenvalue weighted by molar-refractivity contribution is 8.02. The molecule has 0 aliphatic carbocycles. The van der Waals surface area contributed by atoms with Crippen molar-refractivity contribution >= 4 is 29.5 Å². The summed E-state index contributed by atoms with van der Waals surface area (Å²) in [4.78, 5) is 44.7. The topological polar surface area (TPSA) is 87.2 Å². The van der Waals surface area contributed by atoms with Gasteiger partial charge in [-0.25, -0.2) is 0 Å². The maximum atomic E-state index is 14.1. The predicted octanol–water partition coefficient (Wildman–Crippen LogP) is 2.00. The first kappa shape index (κ1) is 23.4. The Balaban J connectivity index is 1.92. The highest BCUT2D eigenvalue weighted by Crippen LogP contribution is 2.65. The van der Waals surface area contributed by atoms with Gasteiger partial charge in [-0.2, -0.15) is 0 Å². The number of hydrogen-bond donors (Lipinski definition) is 1. The molecular weight excluding hydrogens is 428 g/mol. The second-order valence-corrected chi connectivity index (χ2v) is 11.7. The van der Waals surface area contributed by atoms with Crippen LogP contribution in [0.1, 0.15) is 41.0 Å². The highest BCUT2D eigenvalue weighted by Gasteiger charge is 2.74. The van der Waals surface area contributed by atoms with Gasteiger partial charge < -0.3 is 19.6 Å². The number of aliphatic hydroxyl groups is 1. The van der Waals surface area contributed by atoms with Crippen molar-refractivity contribution in [1.82, 2.24) is 9.80 Å². The first-order valence-corrected chi connectivity index (χ1v) is 12.4. The van der Waals surface area contributed by atoms with Crippen LogP contribution in [-0.2, 0) is 19.1 Å². The number of thioether (sulfide) groups is 1. The van der Waals surface area contributed by atoms with E-state index in [4.69, 9.17) is 4.74 Å². The molecule has 32 heavy (non-hydrogen) atoms. The normalized spacial score (nSPS) is 38.2. The summed E-state index contributed by atoms with van der Waals surface area (Å²) in [5.74, 6) is -2.15. The molecule has 0 saturated carbocycles. The van der Waals surface area contributed by atoms with E-state index in [0.717, 1.165) is 6.42 Å². The van der Waals surface area contributed by atoms with Gasteiger partial charge in [0.2, 0.25) is 11.8 Å². The van der Waals surface area contributed by atoms with Crippen molar-refractivity contribution < 1.29 is 24.2 Å². The number of cyclic esters (lactones) is 1. The summed E-state index contributed by atoms with van der Waals surface area (Å²) in [6.07, 6.45) is 8.53. The van der Waals surface area contributed by atoms with Crippen molar-refractivity contribution in [2.45, 2.75) is 68.7 Å². The number of fused-ring (bicyclic) bond motifs is 2. The molecule has 1 N–H and O–H groups in total. The zero-order valence-corrected chi connectivity index (χ0v) is 20.3. The van der Waals surface area contributed by atoms with Crippen molar-refractivity contribution in [2.75, 3.05) is 19.8 Å². The number of esters is 1. The van der Waals surface area contributed by atoms with Gasteiger partial charge in [0.1, 0.15) is 12.6 Å². The Labute approximate surface area is 194 Å². The summed E-state index contributed by atoms with van der Waals surface area (Å²) >= 11 is 1.54. The number of carbonyl (C=O) groups excluding carboxylic acids is 3. The van der Waals surface area contributed by atoms with Gasteiger partial charge in [-0.15, -0.1) is 11.8 Å². The molecule has 0 aromatic heterocycles. The minimum absolute atomic E-state index is 0.00437. The van der Waals surface area contributed by atoms with Gasteiger partial charge in [0.25, 0.3) is 0 Å². The molecule has 7 atom stereocenters. The first-order valence-electron chi connectivity index (χ1n) is 11.6. The number of likely N-dealkylation sites (tertiary alicyclic amines) is 1. The van der Waals surface area contributed by atoms with Crippen LogP contribution in [0.25, 0.3) is 0 Å². The van der Waals surface area contributed by atoms with Crippen LogP contribution >= 0.6 is 11.8 Å². The molecule has 0 bridgehead atoms. The third kappa shape index (κ3) is 3.16. The molecule has 0 aromatic carbocycles. The fourth-order valence-corrected chi connectivity index (χ4v) is 8.09. The molecule has 7 nitrogen and oxygen atoms in total. The van der Waals surface area contributed by atoms with Crippen LogP contribution in [0.5, 0.6) is 0 Å². The van der Waals surface area contributed by atoms with Gasteiger partial charge >= 0.3 is 5.97 Å². The molecule has 1 spiro atoms. The summed E-state index contributed by atoms with van der Waals surface area (Å²) < 4.78 is 3.90. The average Bonchev–Trinajstić information content (AvgIpc) is 2.99. The Kier molecular flexibility index (Phi) is 5.99. The molecule has 2 amide bonds. The van der Waals surface area contributed by atoms with E-state index in [9.17, 15) is 19.5 Å². The fraction of sp³-hybridized carbons (Fsp3) is 0.708. The Morgan fingerprint density at radius 1 is 1.16 bits per heavy atom. The molecule has 2 fully saturated rings. The largest absolute Gasteiger partial charge is 0.461 e. The van der Waals surface area contributed by atoms with Gasteiger partial charge in [-0.1, -0.05) is 38.5 Å². The summed E-state index contributed by atoms with van der Waals surface area (Å²) in [5.41, 5.74) is 0. The first-order chi connectivity index (χ1) is 15.1. The molecule has 176 valence electrons. The van der Waals surface area contributed by atoms with Crippen LogP contribution in [0.15, 0.2) is 24.3 Å². The number of hydrogen-bond acceptors (Lipinski definition) is 6. The monoisotopic (exact) mass is 462 g/mol. The zero-order valence-electron chi connectivity index (χ0n) is 19.5. The van der Waals surface area contributed by atoms with E-state index in [1.807, 2.05) is 58.9 Å². The zero-order chi connectivity index (χ0) is 23.4. The molecule has 1 unspecified atom stereocenters. The summed E-state index contributed by atoms with van der Waals surface area (Å²) in [7, 11) is 0. The van der Waals surface area contributed by atoms with Gasteiger partial charge in [-0.3, -0.25) is 14.4 Å². The number of nitrogens with zero attached hydrogens (tertiary/aromatic N) is 2. The predicted molar refractivity (Wildman–Crippen MR) is 123 cm³/mol. The Morgan fingerprint density at radius 2 is 1.88 bits per heavy atom. The van der Waals surface area contributed by atoms with Gasteiger partial charge in [-0.05, 0) is 32.8 Å². The number of ether oxygens (including phenoxy) is 1. The molecule has 4 heterocycles. The maximum absolute atomic E-state index is 14.1. The van der Waals surface area contributed by atoms with Gasteiger partial charge in [0.05, 0.1) is 29.2 Å². The third-order valence-electron chi connectivity index (χ3n) is 7.75. The third-order valence-corrected chi connectivity index (χ3v) is 9.55. The Hall–Kier alpha value is -1.80. The summed E-state index contributed by atoms with van der Waals surface area (Å²) in [5, 5.41) is 10.3. The van der Waals surface area contributed by atoms with Crippen LogP contribution in [-0.4, -0.2) is 80.1 Å². The van der Waals surface area contributed by atoms with Crippen molar-refractivity contribution in [2.24, 2.45) is 17.8 Å². The molecule has 8 heteroatoms. The number of amides is 2. The van der Waals surface area contributed by atoms with E-state index in [0.29, 0.717) is 6.54 Å². The average molecular weight is 463 g/mol. The van der Waals surface area contributed by atoms with Crippen molar-refractivity contribution in [3.05, 3.63) is 24.3 Å². The van der Waals surface area contributed by atoms with Crippen LogP contribution in [0.2, 0.25) is 0 Å². The fourth-order valence-electron chi connectivity index (χ4n) is 5.95. The minimum Gasteiger partial charge on any atom is -0.461 e. The lowest BCUT2D eigenvalue weighted by atomic mass is 9.75. The quantitative estimate of drug-likeness (QED) is 0.497. The van der Waals surface area contributed by atoms with Crippen molar-refractivity contribution in [3.63, 3.8) is 0 Å². The highest BCUT2D eigenvalue weighted by atomic mass is 32.2. The van der Waals surface area contributed by atoms with E-state index in [-0.39, 0.29) is 37.0 Å². The van der Waals surface area contributed by atoms with E-state index in [1.54, 1.807) is 9.80 Å². The molecule has 2 saturated heterocycles. The van der Waals surface area contributed by atoms with Gasteiger partial charge in [0.15, 0.2) is 0 Å². The molecule has 0 radical (unpaired) electrons. The number of aliphatic hydroxyl groups excluding tert-OH is 1. The van der Waals surface area contributed by atoms with E-state index < -0.39 is 39.4 Å². The molecule has 4 aliphatic rings. The van der Waals surface area contributed by atoms with Crippen LogP contribution in [0.4, 0.5) is 0 Å². The van der Waals surface area contributed by atoms with Crippen molar-refractivity contribution in [1.29, 1.82) is 0 Å². The molecule has 4 aliphatic heterocycles. The number of carbonyl (C=O) groups is 3. The van der Waals surface area contributed by atoms with Crippen molar-refractivity contribution in [3.8, 4) is 0 Å². The molecular formula is C24H34N2O5S. The van der Waals surface area contributed by atoms with Gasteiger partial charge in [0, 0.05) is 17.3 Å². The second-order valence-electron chi connectivity index (χ2n) is 9.90.